The van der Waals surface area contributed by atoms with Gasteiger partial charge in [-0.2, -0.15) is 0 Å². The van der Waals surface area contributed by atoms with Gasteiger partial charge in [0.05, 0.1) is 6.10 Å². The first-order chi connectivity index (χ1) is 6.27. The van der Waals surface area contributed by atoms with Gasteiger partial charge in [-0.25, -0.2) is 0 Å². The van der Waals surface area contributed by atoms with Gasteiger partial charge in [0.1, 0.15) is 0 Å². The van der Waals surface area contributed by atoms with Crippen LogP contribution in [0.25, 0.3) is 0 Å². The Labute approximate surface area is 81.2 Å². The van der Waals surface area contributed by atoms with E-state index in [2.05, 4.69) is 11.9 Å². The molecule has 0 radical (unpaired) electrons. The summed E-state index contributed by atoms with van der Waals surface area (Å²) in [7, 11) is 2.17. The Morgan fingerprint density at radius 3 is 2.62 bits per heavy atom. The van der Waals surface area contributed by atoms with E-state index in [4.69, 9.17) is 10.5 Å². The highest BCUT2D eigenvalue weighted by atomic mass is 16.5. The van der Waals surface area contributed by atoms with Crippen molar-refractivity contribution in [2.24, 2.45) is 5.73 Å². The van der Waals surface area contributed by atoms with Crippen LogP contribution in [-0.2, 0) is 4.74 Å². The van der Waals surface area contributed by atoms with Gasteiger partial charge in [0, 0.05) is 25.7 Å². The second-order valence-electron chi connectivity index (χ2n) is 3.84. The molecule has 0 aromatic heterocycles. The molecule has 2 N–H and O–H groups in total. The van der Waals surface area contributed by atoms with Crippen LogP contribution in [0.5, 0.6) is 0 Å². The first-order valence-electron chi connectivity index (χ1n) is 5.29. The standard InChI is InChI=1S/C10H22N2O/c1-3-13-10(7-11)8-12(2)9-5-4-6-9/h9-10H,3-8,11H2,1-2H3. The van der Waals surface area contributed by atoms with Gasteiger partial charge in [0.2, 0.25) is 0 Å². The highest BCUT2D eigenvalue weighted by molar-refractivity contribution is 4.79. The average molecular weight is 186 g/mol. The van der Waals surface area contributed by atoms with Crippen LogP contribution >= 0.6 is 0 Å². The summed E-state index contributed by atoms with van der Waals surface area (Å²) in [6, 6.07) is 0.787. The summed E-state index contributed by atoms with van der Waals surface area (Å²) in [5.41, 5.74) is 5.62. The van der Waals surface area contributed by atoms with Gasteiger partial charge in [-0.15, -0.1) is 0 Å². The molecule has 0 bridgehead atoms. The lowest BCUT2D eigenvalue weighted by molar-refractivity contribution is 0.0247. The Morgan fingerprint density at radius 1 is 1.54 bits per heavy atom. The summed E-state index contributed by atoms with van der Waals surface area (Å²) in [5.74, 6) is 0. The molecule has 1 unspecified atom stereocenters. The molecule has 1 aliphatic rings. The first-order valence-corrected chi connectivity index (χ1v) is 5.29. The molecule has 1 aliphatic carbocycles. The quantitative estimate of drug-likeness (QED) is 0.668. The number of likely N-dealkylation sites (N-methyl/N-ethyl adjacent to an activating group) is 1. The zero-order chi connectivity index (χ0) is 9.68. The Bertz CT molecular complexity index is 137. The van der Waals surface area contributed by atoms with E-state index >= 15 is 0 Å². The van der Waals surface area contributed by atoms with Gasteiger partial charge >= 0.3 is 0 Å². The molecule has 3 nitrogen and oxygen atoms in total. The summed E-state index contributed by atoms with van der Waals surface area (Å²) >= 11 is 0. The van der Waals surface area contributed by atoms with Crippen LogP contribution in [0.1, 0.15) is 26.2 Å². The minimum atomic E-state index is 0.218. The van der Waals surface area contributed by atoms with Gasteiger partial charge in [-0.3, -0.25) is 0 Å². The lowest BCUT2D eigenvalue weighted by Gasteiger charge is -2.36. The summed E-state index contributed by atoms with van der Waals surface area (Å²) < 4.78 is 5.51. The zero-order valence-electron chi connectivity index (χ0n) is 8.83. The van der Waals surface area contributed by atoms with E-state index in [-0.39, 0.29) is 6.10 Å². The van der Waals surface area contributed by atoms with Crippen molar-refractivity contribution < 1.29 is 4.74 Å². The molecule has 0 saturated heterocycles. The molecule has 1 saturated carbocycles. The van der Waals surface area contributed by atoms with E-state index in [0.717, 1.165) is 19.2 Å². The van der Waals surface area contributed by atoms with Crippen LogP contribution in [-0.4, -0.2) is 43.8 Å². The van der Waals surface area contributed by atoms with E-state index in [9.17, 15) is 0 Å². The van der Waals surface area contributed by atoms with Crippen LogP contribution < -0.4 is 5.73 Å². The van der Waals surface area contributed by atoms with Crippen molar-refractivity contribution in [3.05, 3.63) is 0 Å². The van der Waals surface area contributed by atoms with Crippen molar-refractivity contribution in [2.45, 2.75) is 38.3 Å². The van der Waals surface area contributed by atoms with Gasteiger partial charge < -0.3 is 15.4 Å². The van der Waals surface area contributed by atoms with Crippen molar-refractivity contribution >= 4 is 0 Å². The first kappa shape index (κ1) is 11.0. The molecule has 0 aliphatic heterocycles. The number of ether oxygens (including phenoxy) is 1. The van der Waals surface area contributed by atoms with Gasteiger partial charge in [-0.05, 0) is 26.8 Å². The molecule has 1 fully saturated rings. The molecule has 1 rings (SSSR count). The predicted molar refractivity (Wildman–Crippen MR) is 54.7 cm³/mol. The number of nitrogens with zero attached hydrogens (tertiary/aromatic N) is 1. The zero-order valence-corrected chi connectivity index (χ0v) is 8.83. The van der Waals surface area contributed by atoms with Crippen LogP contribution in [0.15, 0.2) is 0 Å². The lowest BCUT2D eigenvalue weighted by atomic mass is 9.92. The maximum atomic E-state index is 5.62. The molecule has 0 spiro atoms. The summed E-state index contributed by atoms with van der Waals surface area (Å²) in [5, 5.41) is 0. The SMILES string of the molecule is CCOC(CN)CN(C)C1CCC1. The van der Waals surface area contributed by atoms with E-state index in [0.29, 0.717) is 6.54 Å². The smallest absolute Gasteiger partial charge is 0.0823 e. The fraction of sp³-hybridized carbons (Fsp3) is 1.00. The Kier molecular flexibility index (Phi) is 4.70. The maximum absolute atomic E-state index is 5.62. The van der Waals surface area contributed by atoms with Crippen molar-refractivity contribution in [3.63, 3.8) is 0 Å². The van der Waals surface area contributed by atoms with Crippen molar-refractivity contribution in [2.75, 3.05) is 26.7 Å². The van der Waals surface area contributed by atoms with Crippen molar-refractivity contribution in [3.8, 4) is 0 Å². The van der Waals surface area contributed by atoms with Crippen LogP contribution in [0.4, 0.5) is 0 Å². The van der Waals surface area contributed by atoms with E-state index in [1.165, 1.54) is 19.3 Å². The van der Waals surface area contributed by atoms with E-state index < -0.39 is 0 Å². The topological polar surface area (TPSA) is 38.5 Å². The molecule has 0 amide bonds. The summed E-state index contributed by atoms with van der Waals surface area (Å²) in [6.45, 7) is 4.40. The monoisotopic (exact) mass is 186 g/mol. The molecule has 0 aromatic rings. The molecular formula is C10H22N2O. The van der Waals surface area contributed by atoms with Gasteiger partial charge in [0.25, 0.3) is 0 Å². The molecule has 0 aromatic carbocycles. The minimum absolute atomic E-state index is 0.218. The molecule has 13 heavy (non-hydrogen) atoms. The van der Waals surface area contributed by atoms with Crippen molar-refractivity contribution in [1.82, 2.24) is 4.90 Å². The normalized spacial score (nSPS) is 20.3. The highest BCUT2D eigenvalue weighted by Crippen LogP contribution is 2.23. The third-order valence-electron chi connectivity index (χ3n) is 2.85. The van der Waals surface area contributed by atoms with Crippen molar-refractivity contribution in [1.29, 1.82) is 0 Å². The third-order valence-corrected chi connectivity index (χ3v) is 2.85. The minimum Gasteiger partial charge on any atom is -0.376 e. The fourth-order valence-electron chi connectivity index (χ4n) is 1.73. The third kappa shape index (κ3) is 3.25. The molecular weight excluding hydrogens is 164 g/mol. The average Bonchev–Trinajstić information content (AvgIpc) is 2.00. The lowest BCUT2D eigenvalue weighted by Crippen LogP contribution is -2.44. The molecule has 78 valence electrons. The summed E-state index contributed by atoms with van der Waals surface area (Å²) in [4.78, 5) is 2.39. The van der Waals surface area contributed by atoms with Crippen LogP contribution in [0.3, 0.4) is 0 Å². The summed E-state index contributed by atoms with van der Waals surface area (Å²) in [6.07, 6.45) is 4.30. The molecule has 3 heteroatoms. The number of nitrogens with two attached hydrogens (primary N) is 1. The Hall–Kier alpha value is -0.120. The van der Waals surface area contributed by atoms with Crippen LogP contribution in [0.2, 0.25) is 0 Å². The number of hydrogen-bond acceptors (Lipinski definition) is 3. The van der Waals surface area contributed by atoms with E-state index in [1.807, 2.05) is 6.92 Å². The van der Waals surface area contributed by atoms with E-state index in [1.54, 1.807) is 0 Å². The van der Waals surface area contributed by atoms with Crippen LogP contribution in [0, 0.1) is 0 Å². The Balaban J connectivity index is 2.18. The Morgan fingerprint density at radius 2 is 2.23 bits per heavy atom. The molecule has 1 atom stereocenters. The van der Waals surface area contributed by atoms with Gasteiger partial charge in [0.15, 0.2) is 0 Å². The number of rotatable bonds is 6. The van der Waals surface area contributed by atoms with Gasteiger partial charge in [-0.1, -0.05) is 6.42 Å². The second-order valence-corrected chi connectivity index (χ2v) is 3.84. The largest absolute Gasteiger partial charge is 0.376 e. The highest BCUT2D eigenvalue weighted by Gasteiger charge is 2.23. The predicted octanol–water partition coefficient (Wildman–Crippen LogP) is 0.834. The fourth-order valence-corrected chi connectivity index (χ4v) is 1.73. The number of hydrogen-bond donors (Lipinski definition) is 1. The second kappa shape index (κ2) is 5.58. The molecule has 0 heterocycles. The maximum Gasteiger partial charge on any atom is 0.0823 e.